The van der Waals surface area contributed by atoms with Crippen molar-refractivity contribution in [3.63, 3.8) is 0 Å². The van der Waals surface area contributed by atoms with Crippen LogP contribution in [0.3, 0.4) is 0 Å². The highest BCUT2D eigenvalue weighted by Gasteiger charge is 2.42. The van der Waals surface area contributed by atoms with Crippen LogP contribution in [-0.2, 0) is 11.8 Å². The molecule has 33 heavy (non-hydrogen) atoms. The number of morpholine rings is 1. The van der Waals surface area contributed by atoms with Gasteiger partial charge in [0.1, 0.15) is 17.6 Å². The molecule has 172 valence electrons. The number of phenols is 1. The Hall–Kier alpha value is -3.37. The molecule has 2 aromatic heterocycles. The van der Waals surface area contributed by atoms with E-state index in [0.717, 1.165) is 0 Å². The van der Waals surface area contributed by atoms with E-state index >= 15 is 0 Å². The van der Waals surface area contributed by atoms with Crippen molar-refractivity contribution < 1.29 is 14.2 Å². The van der Waals surface area contributed by atoms with Crippen LogP contribution in [0.5, 0.6) is 5.75 Å². The molecule has 9 nitrogen and oxygen atoms in total. The van der Waals surface area contributed by atoms with Gasteiger partial charge in [0.2, 0.25) is 5.95 Å². The predicted molar refractivity (Wildman–Crippen MR) is 121 cm³/mol. The third-order valence-corrected chi connectivity index (χ3v) is 6.42. The summed E-state index contributed by atoms with van der Waals surface area (Å²) in [7, 11) is 3.45. The van der Waals surface area contributed by atoms with E-state index in [9.17, 15) is 14.3 Å². The van der Waals surface area contributed by atoms with Gasteiger partial charge in [-0.3, -0.25) is 4.79 Å². The Morgan fingerprint density at radius 2 is 2.03 bits per heavy atom. The zero-order chi connectivity index (χ0) is 23.1. The van der Waals surface area contributed by atoms with E-state index < -0.39 is 6.17 Å². The largest absolute Gasteiger partial charge is 0.507 e. The highest BCUT2D eigenvalue weighted by molar-refractivity contribution is 5.73. The maximum Gasteiger partial charge on any atom is 0.250 e. The maximum absolute atomic E-state index is 15.0. The van der Waals surface area contributed by atoms with Crippen LogP contribution in [-0.4, -0.2) is 69.4 Å². The van der Waals surface area contributed by atoms with Gasteiger partial charge >= 0.3 is 0 Å². The molecular weight excluding hydrogens is 427 g/mol. The van der Waals surface area contributed by atoms with Gasteiger partial charge in [-0.1, -0.05) is 6.07 Å². The molecule has 2 aliphatic rings. The van der Waals surface area contributed by atoms with Crippen LogP contribution in [0.1, 0.15) is 6.42 Å². The Balaban J connectivity index is 1.36. The average Bonchev–Trinajstić information content (AvgIpc) is 2.83. The van der Waals surface area contributed by atoms with Crippen molar-refractivity contribution in [3.8, 4) is 28.1 Å². The average molecular weight is 452 g/mol. The van der Waals surface area contributed by atoms with Crippen molar-refractivity contribution >= 4 is 5.95 Å². The second kappa shape index (κ2) is 8.53. The molecule has 4 atom stereocenters. The topological polar surface area (TPSA) is 105 Å². The number of nitrogens with zero attached hydrogens (tertiary/aromatic N) is 5. The summed E-state index contributed by atoms with van der Waals surface area (Å²) in [6.07, 6.45) is 2.67. The Morgan fingerprint density at radius 3 is 2.76 bits per heavy atom. The van der Waals surface area contributed by atoms with Crippen molar-refractivity contribution in [2.45, 2.75) is 30.7 Å². The van der Waals surface area contributed by atoms with Crippen LogP contribution in [0.2, 0.25) is 0 Å². The van der Waals surface area contributed by atoms with Crippen LogP contribution in [0, 0.1) is 0 Å². The van der Waals surface area contributed by atoms with E-state index in [-0.39, 0.29) is 29.4 Å². The number of alkyl halides is 1. The van der Waals surface area contributed by atoms with Gasteiger partial charge in [-0.25, -0.2) is 9.37 Å². The minimum absolute atomic E-state index is 0.000356. The van der Waals surface area contributed by atoms with Crippen LogP contribution >= 0.6 is 0 Å². The summed E-state index contributed by atoms with van der Waals surface area (Å²) >= 11 is 0. The minimum atomic E-state index is -1.11. The number of aromatic nitrogens is 4. The van der Waals surface area contributed by atoms with Gasteiger partial charge in [-0.15, -0.1) is 10.2 Å². The number of rotatable bonds is 4. The van der Waals surface area contributed by atoms with Crippen LogP contribution in [0.25, 0.3) is 22.4 Å². The fourth-order valence-corrected chi connectivity index (χ4v) is 4.48. The molecule has 0 aliphatic carbocycles. The Kier molecular flexibility index (Phi) is 5.55. The second-order valence-corrected chi connectivity index (χ2v) is 8.61. The highest BCUT2D eigenvalue weighted by atomic mass is 19.1. The molecule has 0 radical (unpaired) electrons. The molecule has 5 rings (SSSR count). The number of phenolic OH excluding ortho intramolecular Hbond substituents is 1. The van der Waals surface area contributed by atoms with E-state index in [0.29, 0.717) is 48.0 Å². The molecule has 0 unspecified atom stereocenters. The molecule has 2 fully saturated rings. The molecule has 2 saturated heterocycles. The molecule has 2 N–H and O–H groups in total. The number of hydrogen-bond acceptors (Lipinski definition) is 8. The molecule has 0 saturated carbocycles. The minimum Gasteiger partial charge on any atom is -0.507 e. The number of ether oxygens (including phenoxy) is 1. The lowest BCUT2D eigenvalue weighted by atomic mass is 9.90. The third kappa shape index (κ3) is 4.07. The smallest absolute Gasteiger partial charge is 0.250 e. The number of benzene rings is 1. The fourth-order valence-electron chi connectivity index (χ4n) is 4.48. The first-order valence-corrected chi connectivity index (χ1v) is 10.8. The van der Waals surface area contributed by atoms with Crippen molar-refractivity contribution in [1.82, 2.24) is 25.1 Å². The number of piperidine rings is 1. The normalized spacial score (nSPS) is 24.5. The van der Waals surface area contributed by atoms with Crippen LogP contribution in [0.4, 0.5) is 10.3 Å². The molecule has 4 heterocycles. The molecule has 10 heteroatoms. The number of aromatic hydroxyl groups is 1. The summed E-state index contributed by atoms with van der Waals surface area (Å²) in [5, 5.41) is 22.3. The number of pyridine rings is 1. The molecule has 1 aromatic carbocycles. The number of fused-ring (bicyclic) bond motifs is 2. The van der Waals surface area contributed by atoms with Gasteiger partial charge in [0.25, 0.3) is 5.56 Å². The lowest BCUT2D eigenvalue weighted by molar-refractivity contribution is -0.0176. The van der Waals surface area contributed by atoms with Gasteiger partial charge in [0, 0.05) is 38.0 Å². The SMILES string of the molecule is CN(c1ncc(-c2ccc(-c3ccn(C)c(=O)c3)cc2O)nn1)[C@@H]1C[C@@H]2COC[C@@H](N2)[C@@H]1F. The molecule has 0 spiro atoms. The van der Waals surface area contributed by atoms with Gasteiger partial charge in [-0.2, -0.15) is 0 Å². The highest BCUT2D eigenvalue weighted by Crippen LogP contribution is 2.32. The van der Waals surface area contributed by atoms with Gasteiger partial charge < -0.3 is 24.6 Å². The summed E-state index contributed by atoms with van der Waals surface area (Å²) in [5.74, 6) is 0.323. The van der Waals surface area contributed by atoms with Crippen LogP contribution in [0.15, 0.2) is 47.5 Å². The van der Waals surface area contributed by atoms with E-state index in [1.807, 2.05) is 0 Å². The monoisotopic (exact) mass is 452 g/mol. The third-order valence-electron chi connectivity index (χ3n) is 6.42. The lowest BCUT2D eigenvalue weighted by Crippen LogP contribution is -2.65. The molecule has 2 aliphatic heterocycles. The summed E-state index contributed by atoms with van der Waals surface area (Å²) in [6, 6.07) is 7.81. The lowest BCUT2D eigenvalue weighted by Gasteiger charge is -2.45. The standard InChI is InChI=1S/C23H25FN6O3/c1-29-6-5-14(8-21(29)32)13-3-4-16(20(31)7-13)17-10-25-23(28-27-17)30(2)19-9-15-11-33-12-18(26-15)22(19)24/h3-8,10,15,18-19,22,26,31H,9,11-12H2,1-2H3/t15-,18-,19-,22+/m1/s1. The number of aryl methyl sites for hydroxylation is 1. The first kappa shape index (κ1) is 21.5. The predicted octanol–water partition coefficient (Wildman–Crippen LogP) is 1.51. The van der Waals surface area contributed by atoms with Crippen molar-refractivity contribution in [2.24, 2.45) is 7.05 Å². The Labute approximate surface area is 189 Å². The summed E-state index contributed by atoms with van der Waals surface area (Å²) in [4.78, 5) is 18.0. The zero-order valence-electron chi connectivity index (χ0n) is 18.3. The number of halogens is 1. The summed E-state index contributed by atoms with van der Waals surface area (Å²) in [5.41, 5.74) is 2.15. The Morgan fingerprint density at radius 1 is 1.21 bits per heavy atom. The number of anilines is 1. The summed E-state index contributed by atoms with van der Waals surface area (Å²) in [6.45, 7) is 0.922. The van der Waals surface area contributed by atoms with E-state index in [2.05, 4.69) is 20.5 Å². The van der Waals surface area contributed by atoms with Crippen molar-refractivity contribution in [1.29, 1.82) is 0 Å². The molecule has 3 aromatic rings. The number of nitrogens with one attached hydrogen (secondary N) is 1. The van der Waals surface area contributed by atoms with E-state index in [1.165, 1.54) is 16.8 Å². The maximum atomic E-state index is 15.0. The van der Waals surface area contributed by atoms with Crippen LogP contribution < -0.4 is 15.8 Å². The first-order valence-electron chi connectivity index (χ1n) is 10.8. The molecule has 2 bridgehead atoms. The zero-order valence-corrected chi connectivity index (χ0v) is 18.3. The van der Waals surface area contributed by atoms with E-state index in [1.54, 1.807) is 49.5 Å². The van der Waals surface area contributed by atoms with E-state index in [4.69, 9.17) is 4.74 Å². The second-order valence-electron chi connectivity index (χ2n) is 8.61. The van der Waals surface area contributed by atoms with Crippen molar-refractivity contribution in [3.05, 3.63) is 53.1 Å². The fraction of sp³-hybridized carbons (Fsp3) is 0.391. The molecule has 0 amide bonds. The van der Waals surface area contributed by atoms with Gasteiger partial charge in [0.15, 0.2) is 0 Å². The van der Waals surface area contributed by atoms with Crippen molar-refractivity contribution in [2.75, 3.05) is 25.2 Å². The van der Waals surface area contributed by atoms with Gasteiger partial charge in [0.05, 0.1) is 31.5 Å². The van der Waals surface area contributed by atoms with Gasteiger partial charge in [-0.05, 0) is 35.7 Å². The summed E-state index contributed by atoms with van der Waals surface area (Å²) < 4.78 is 21.9. The molecular formula is C23H25FN6O3. The Bertz CT molecular complexity index is 1220. The quantitative estimate of drug-likeness (QED) is 0.614. The first-order chi connectivity index (χ1) is 15.9. The number of hydrogen-bond donors (Lipinski definition) is 2.